The average molecular weight is 273 g/mol. The van der Waals surface area contributed by atoms with Gasteiger partial charge in [-0.05, 0) is 38.3 Å². The van der Waals surface area contributed by atoms with Gasteiger partial charge in [-0.1, -0.05) is 0 Å². The van der Waals surface area contributed by atoms with Crippen molar-refractivity contribution in [3.05, 3.63) is 41.6 Å². The third-order valence-corrected chi connectivity index (χ3v) is 4.07. The maximum atomic E-state index is 12.6. The summed E-state index contributed by atoms with van der Waals surface area (Å²) < 4.78 is 7.34. The van der Waals surface area contributed by atoms with Crippen LogP contribution in [0.15, 0.2) is 29.0 Å². The lowest BCUT2D eigenvalue weighted by Crippen LogP contribution is -2.30. The van der Waals surface area contributed by atoms with Gasteiger partial charge in [-0.2, -0.15) is 5.10 Å². The van der Waals surface area contributed by atoms with Gasteiger partial charge >= 0.3 is 0 Å². The number of aromatic nitrogens is 2. The van der Waals surface area contributed by atoms with Crippen LogP contribution < -0.4 is 0 Å². The molecule has 3 heterocycles. The molecule has 0 aliphatic carbocycles. The molecule has 0 aromatic carbocycles. The summed E-state index contributed by atoms with van der Waals surface area (Å²) in [6.07, 6.45) is 6.54. The molecule has 106 valence electrons. The fourth-order valence-corrected chi connectivity index (χ4v) is 2.69. The summed E-state index contributed by atoms with van der Waals surface area (Å²) in [5.74, 6) is 0.805. The number of aryl methyl sites for hydroxylation is 1. The molecule has 0 fully saturated rings. The quantitative estimate of drug-likeness (QED) is 0.864. The summed E-state index contributed by atoms with van der Waals surface area (Å²) in [5.41, 5.74) is 1.80. The van der Waals surface area contributed by atoms with Gasteiger partial charge in [0, 0.05) is 13.6 Å². The first-order valence-corrected chi connectivity index (χ1v) is 7.03. The van der Waals surface area contributed by atoms with Gasteiger partial charge in [0.15, 0.2) is 0 Å². The van der Waals surface area contributed by atoms with Gasteiger partial charge in [-0.25, -0.2) is 0 Å². The second-order valence-electron chi connectivity index (χ2n) is 5.29. The molecule has 5 nitrogen and oxygen atoms in total. The van der Waals surface area contributed by atoms with E-state index in [4.69, 9.17) is 4.42 Å². The van der Waals surface area contributed by atoms with Gasteiger partial charge in [-0.3, -0.25) is 9.48 Å². The van der Waals surface area contributed by atoms with Crippen LogP contribution in [0.2, 0.25) is 0 Å². The number of carbonyl (C=O) groups is 1. The van der Waals surface area contributed by atoms with E-state index in [-0.39, 0.29) is 11.9 Å². The third kappa shape index (κ3) is 2.13. The Labute approximate surface area is 118 Å². The lowest BCUT2D eigenvalue weighted by Gasteiger charge is -2.24. The van der Waals surface area contributed by atoms with Gasteiger partial charge in [0.05, 0.1) is 29.8 Å². The summed E-state index contributed by atoms with van der Waals surface area (Å²) in [6, 6.07) is 3.64. The van der Waals surface area contributed by atoms with Gasteiger partial charge in [-0.15, -0.1) is 0 Å². The van der Waals surface area contributed by atoms with Crippen LogP contribution >= 0.6 is 0 Å². The highest BCUT2D eigenvalue weighted by Gasteiger charge is 2.26. The highest BCUT2D eigenvalue weighted by molar-refractivity contribution is 5.95. The lowest BCUT2D eigenvalue weighted by atomic mass is 10.1. The summed E-state index contributed by atoms with van der Waals surface area (Å²) in [5, 5.41) is 4.33. The Bertz CT molecular complexity index is 601. The molecule has 1 aliphatic rings. The van der Waals surface area contributed by atoms with Crippen LogP contribution in [0.3, 0.4) is 0 Å². The van der Waals surface area contributed by atoms with Crippen LogP contribution in [0.1, 0.15) is 47.6 Å². The van der Waals surface area contributed by atoms with Crippen molar-refractivity contribution in [3.63, 3.8) is 0 Å². The van der Waals surface area contributed by atoms with Gasteiger partial charge in [0.1, 0.15) is 5.76 Å². The molecule has 1 atom stereocenters. The number of hydrogen-bond donors (Lipinski definition) is 0. The standard InChI is InChI=1S/C15H19N3O2/c1-11(14-7-5-9-20-14)17(2)15(19)12-10-16-18-8-4-3-6-13(12)18/h5,7,9-11H,3-4,6,8H2,1-2H3/t11-/m0/s1. The largest absolute Gasteiger partial charge is 0.467 e. The molecular formula is C15H19N3O2. The molecule has 0 spiro atoms. The van der Waals surface area contributed by atoms with Crippen LogP contribution in [0.25, 0.3) is 0 Å². The molecular weight excluding hydrogens is 254 g/mol. The van der Waals surface area contributed by atoms with Crippen molar-refractivity contribution in [1.82, 2.24) is 14.7 Å². The number of carbonyl (C=O) groups excluding carboxylic acids is 1. The predicted molar refractivity (Wildman–Crippen MR) is 74.4 cm³/mol. The van der Waals surface area contributed by atoms with Gasteiger partial charge < -0.3 is 9.32 Å². The normalized spacial score (nSPS) is 15.7. The third-order valence-electron chi connectivity index (χ3n) is 4.07. The smallest absolute Gasteiger partial charge is 0.257 e. The van der Waals surface area contributed by atoms with Crippen LogP contribution in [-0.4, -0.2) is 27.6 Å². The zero-order valence-corrected chi connectivity index (χ0v) is 11.9. The molecule has 0 radical (unpaired) electrons. The minimum Gasteiger partial charge on any atom is -0.467 e. The van der Waals surface area contributed by atoms with Crippen molar-refractivity contribution in [2.75, 3.05) is 7.05 Å². The fraction of sp³-hybridized carbons (Fsp3) is 0.467. The Morgan fingerprint density at radius 2 is 2.35 bits per heavy atom. The minimum atomic E-state index is -0.0864. The molecule has 2 aromatic heterocycles. The molecule has 0 saturated carbocycles. The summed E-state index contributed by atoms with van der Waals surface area (Å²) in [6.45, 7) is 2.88. The van der Waals surface area contributed by atoms with Crippen molar-refractivity contribution in [2.24, 2.45) is 0 Å². The number of amides is 1. The molecule has 0 bridgehead atoms. The zero-order valence-electron chi connectivity index (χ0n) is 11.9. The maximum Gasteiger partial charge on any atom is 0.257 e. The lowest BCUT2D eigenvalue weighted by molar-refractivity contribution is 0.0724. The zero-order chi connectivity index (χ0) is 14.1. The number of rotatable bonds is 3. The topological polar surface area (TPSA) is 51.3 Å². The summed E-state index contributed by atoms with van der Waals surface area (Å²) >= 11 is 0. The molecule has 1 aliphatic heterocycles. The second kappa shape index (κ2) is 5.15. The molecule has 20 heavy (non-hydrogen) atoms. The minimum absolute atomic E-state index is 0.0112. The van der Waals surface area contributed by atoms with Crippen LogP contribution in [0.4, 0.5) is 0 Å². The first-order valence-electron chi connectivity index (χ1n) is 7.03. The van der Waals surface area contributed by atoms with E-state index >= 15 is 0 Å². The number of fused-ring (bicyclic) bond motifs is 1. The molecule has 2 aromatic rings. The molecule has 0 N–H and O–H groups in total. The van der Waals surface area contributed by atoms with E-state index < -0.39 is 0 Å². The Balaban J connectivity index is 1.83. The van der Waals surface area contributed by atoms with E-state index in [2.05, 4.69) is 5.10 Å². The van der Waals surface area contributed by atoms with E-state index in [1.165, 1.54) is 0 Å². The van der Waals surface area contributed by atoms with Crippen molar-refractivity contribution in [1.29, 1.82) is 0 Å². The van der Waals surface area contributed by atoms with Crippen molar-refractivity contribution < 1.29 is 9.21 Å². The van der Waals surface area contributed by atoms with Crippen LogP contribution in [0.5, 0.6) is 0 Å². The van der Waals surface area contributed by atoms with Crippen LogP contribution in [-0.2, 0) is 13.0 Å². The van der Waals surface area contributed by atoms with E-state index in [1.807, 2.05) is 30.8 Å². The molecule has 0 unspecified atom stereocenters. The Kier molecular flexibility index (Phi) is 3.34. The monoisotopic (exact) mass is 273 g/mol. The molecule has 0 saturated heterocycles. The number of furan rings is 1. The van der Waals surface area contributed by atoms with E-state index in [0.717, 1.165) is 42.8 Å². The summed E-state index contributed by atoms with van der Waals surface area (Å²) in [4.78, 5) is 14.4. The molecule has 5 heteroatoms. The van der Waals surface area contributed by atoms with E-state index in [1.54, 1.807) is 17.4 Å². The van der Waals surface area contributed by atoms with E-state index in [9.17, 15) is 4.79 Å². The average Bonchev–Trinajstić information content (AvgIpc) is 3.14. The Morgan fingerprint density at radius 3 is 3.10 bits per heavy atom. The maximum absolute atomic E-state index is 12.6. The van der Waals surface area contributed by atoms with Crippen LogP contribution in [0, 0.1) is 0 Å². The van der Waals surface area contributed by atoms with Crippen molar-refractivity contribution in [2.45, 2.75) is 38.8 Å². The first-order chi connectivity index (χ1) is 9.68. The SMILES string of the molecule is C[C@@H](c1ccco1)N(C)C(=O)c1cnn2c1CCCC2. The number of hydrogen-bond acceptors (Lipinski definition) is 3. The highest BCUT2D eigenvalue weighted by Crippen LogP contribution is 2.24. The fourth-order valence-electron chi connectivity index (χ4n) is 2.69. The molecule has 1 amide bonds. The first kappa shape index (κ1) is 13.0. The number of nitrogens with zero attached hydrogens (tertiary/aromatic N) is 3. The second-order valence-corrected chi connectivity index (χ2v) is 5.29. The summed E-state index contributed by atoms with van der Waals surface area (Å²) in [7, 11) is 1.81. The Hall–Kier alpha value is -2.04. The van der Waals surface area contributed by atoms with E-state index in [0.29, 0.717) is 0 Å². The van der Waals surface area contributed by atoms with Crippen molar-refractivity contribution in [3.8, 4) is 0 Å². The molecule has 3 rings (SSSR count). The Morgan fingerprint density at radius 1 is 1.50 bits per heavy atom. The predicted octanol–water partition coefficient (Wildman–Crippen LogP) is 2.65. The van der Waals surface area contributed by atoms with Gasteiger partial charge in [0.25, 0.3) is 5.91 Å². The highest BCUT2D eigenvalue weighted by atomic mass is 16.3. The van der Waals surface area contributed by atoms with Crippen molar-refractivity contribution >= 4 is 5.91 Å². The van der Waals surface area contributed by atoms with Gasteiger partial charge in [0.2, 0.25) is 0 Å².